The smallest absolute Gasteiger partial charge is 0.293 e. The molecule has 0 atom stereocenters. The van der Waals surface area contributed by atoms with Crippen molar-refractivity contribution in [1.82, 2.24) is 4.98 Å². The first-order valence-electron chi connectivity index (χ1n) is 6.09. The highest BCUT2D eigenvalue weighted by molar-refractivity contribution is 7.17. The van der Waals surface area contributed by atoms with E-state index in [1.165, 1.54) is 6.07 Å². The number of carbonyl (C=O) groups excluding carboxylic acids is 1. The Morgan fingerprint density at radius 1 is 1.33 bits per heavy atom. The summed E-state index contributed by atoms with van der Waals surface area (Å²) in [7, 11) is 0. The van der Waals surface area contributed by atoms with Gasteiger partial charge in [-0.15, -0.1) is 0 Å². The van der Waals surface area contributed by atoms with Gasteiger partial charge in [-0.3, -0.25) is 14.9 Å². The second-order valence-corrected chi connectivity index (χ2v) is 5.66. The van der Waals surface area contributed by atoms with E-state index in [0.717, 1.165) is 22.5 Å². The van der Waals surface area contributed by atoms with Crippen molar-refractivity contribution in [1.29, 1.82) is 0 Å². The second kappa shape index (κ2) is 5.49. The van der Waals surface area contributed by atoms with Gasteiger partial charge in [-0.2, -0.15) is 0 Å². The van der Waals surface area contributed by atoms with Crippen LogP contribution in [0.3, 0.4) is 0 Å². The van der Waals surface area contributed by atoms with Gasteiger partial charge in [0, 0.05) is 6.07 Å². The first-order chi connectivity index (χ1) is 9.79. The summed E-state index contributed by atoms with van der Waals surface area (Å²) in [6, 6.07) is 3.03. The molecule has 0 saturated heterocycles. The van der Waals surface area contributed by atoms with Crippen molar-refractivity contribution in [2.75, 3.05) is 11.1 Å². The molecule has 0 aliphatic carbocycles. The lowest BCUT2D eigenvalue weighted by atomic mass is 10.1. The molecule has 1 amide bonds. The second-order valence-electron chi connectivity index (χ2n) is 4.63. The van der Waals surface area contributed by atoms with Crippen molar-refractivity contribution in [3.8, 4) is 0 Å². The summed E-state index contributed by atoms with van der Waals surface area (Å²) >= 11 is 1.05. The van der Waals surface area contributed by atoms with Crippen molar-refractivity contribution >= 4 is 33.8 Å². The normalized spacial score (nSPS) is 10.4. The molecule has 21 heavy (non-hydrogen) atoms. The van der Waals surface area contributed by atoms with Crippen LogP contribution in [0.2, 0.25) is 0 Å². The molecule has 1 heterocycles. The summed E-state index contributed by atoms with van der Waals surface area (Å²) in [5, 5.41) is 13.9. The maximum absolute atomic E-state index is 12.2. The predicted molar refractivity (Wildman–Crippen MR) is 81.8 cm³/mol. The third-order valence-corrected chi connectivity index (χ3v) is 4.06. The quantitative estimate of drug-likeness (QED) is 0.669. The number of benzene rings is 1. The van der Waals surface area contributed by atoms with E-state index in [-0.39, 0.29) is 16.5 Å². The number of thiazole rings is 1. The number of nitro benzene ring substituents is 1. The van der Waals surface area contributed by atoms with E-state index in [1.807, 2.05) is 6.92 Å². The fourth-order valence-electron chi connectivity index (χ4n) is 1.86. The summed E-state index contributed by atoms with van der Waals surface area (Å²) < 4.78 is 0. The highest BCUT2D eigenvalue weighted by Gasteiger charge is 2.20. The van der Waals surface area contributed by atoms with Gasteiger partial charge in [0.2, 0.25) is 0 Å². The van der Waals surface area contributed by atoms with Gasteiger partial charge < -0.3 is 11.1 Å². The molecule has 3 N–H and O–H groups in total. The molecule has 0 fully saturated rings. The summed E-state index contributed by atoms with van der Waals surface area (Å²) in [5.41, 5.74) is 7.73. The number of aryl methyl sites for hydroxylation is 3. The van der Waals surface area contributed by atoms with Gasteiger partial charge in [0.25, 0.3) is 11.6 Å². The number of nitrogen functional groups attached to an aromatic ring is 1. The average Bonchev–Trinajstić information content (AvgIpc) is 2.72. The SMILES string of the molecule is Cc1cc(NC(=O)c2sc(N)nc2C)c([N+](=O)[O-])cc1C. The zero-order chi connectivity index (χ0) is 15.7. The molecule has 0 radical (unpaired) electrons. The van der Waals surface area contributed by atoms with Crippen LogP contribution in [0.15, 0.2) is 12.1 Å². The molecule has 2 aromatic rings. The molecule has 110 valence electrons. The topological polar surface area (TPSA) is 111 Å². The maximum Gasteiger partial charge on any atom is 0.293 e. The number of rotatable bonds is 3. The molecular formula is C13H14N4O3S. The minimum absolute atomic E-state index is 0.137. The van der Waals surface area contributed by atoms with Gasteiger partial charge in [-0.1, -0.05) is 11.3 Å². The summed E-state index contributed by atoms with van der Waals surface area (Å²) in [6.07, 6.45) is 0. The van der Waals surface area contributed by atoms with Gasteiger partial charge in [-0.25, -0.2) is 4.98 Å². The number of amides is 1. The van der Waals surface area contributed by atoms with E-state index < -0.39 is 10.8 Å². The van der Waals surface area contributed by atoms with Crippen LogP contribution < -0.4 is 11.1 Å². The number of nitrogens with zero attached hydrogens (tertiary/aromatic N) is 2. The van der Waals surface area contributed by atoms with Gasteiger partial charge in [0.05, 0.1) is 10.6 Å². The fraction of sp³-hybridized carbons (Fsp3) is 0.231. The lowest BCUT2D eigenvalue weighted by Crippen LogP contribution is -2.13. The van der Waals surface area contributed by atoms with E-state index in [2.05, 4.69) is 10.3 Å². The van der Waals surface area contributed by atoms with Crippen LogP contribution in [0.4, 0.5) is 16.5 Å². The van der Waals surface area contributed by atoms with Gasteiger partial charge in [0.1, 0.15) is 10.6 Å². The van der Waals surface area contributed by atoms with Crippen LogP contribution in [0.5, 0.6) is 0 Å². The molecule has 7 nitrogen and oxygen atoms in total. The van der Waals surface area contributed by atoms with E-state index in [4.69, 9.17) is 5.73 Å². The van der Waals surface area contributed by atoms with Crippen LogP contribution in [-0.4, -0.2) is 15.8 Å². The number of anilines is 2. The number of aromatic nitrogens is 1. The lowest BCUT2D eigenvalue weighted by Gasteiger charge is -2.08. The zero-order valence-electron chi connectivity index (χ0n) is 11.8. The molecule has 1 aromatic heterocycles. The van der Waals surface area contributed by atoms with E-state index in [1.54, 1.807) is 19.9 Å². The minimum Gasteiger partial charge on any atom is -0.375 e. The number of nitrogens with one attached hydrogen (secondary N) is 1. The molecular weight excluding hydrogens is 292 g/mol. The van der Waals surface area contributed by atoms with Gasteiger partial charge in [-0.05, 0) is 38.0 Å². The van der Waals surface area contributed by atoms with Crippen molar-refractivity contribution < 1.29 is 9.72 Å². The van der Waals surface area contributed by atoms with Crippen LogP contribution in [0, 0.1) is 30.9 Å². The maximum atomic E-state index is 12.2. The first-order valence-corrected chi connectivity index (χ1v) is 6.91. The Bertz CT molecular complexity index is 739. The zero-order valence-corrected chi connectivity index (χ0v) is 12.6. The largest absolute Gasteiger partial charge is 0.375 e. The Balaban J connectivity index is 2.39. The molecule has 0 saturated carbocycles. The fourth-order valence-corrected chi connectivity index (χ4v) is 2.59. The molecule has 2 rings (SSSR count). The summed E-state index contributed by atoms with van der Waals surface area (Å²) in [5.74, 6) is -0.451. The number of hydrogen-bond acceptors (Lipinski definition) is 6. The average molecular weight is 306 g/mol. The van der Waals surface area contributed by atoms with Crippen LogP contribution >= 0.6 is 11.3 Å². The third-order valence-electron chi connectivity index (χ3n) is 3.08. The Morgan fingerprint density at radius 2 is 1.95 bits per heavy atom. The molecule has 8 heteroatoms. The van der Waals surface area contributed by atoms with Gasteiger partial charge >= 0.3 is 0 Å². The third kappa shape index (κ3) is 3.00. The molecule has 0 aliphatic heterocycles. The predicted octanol–water partition coefficient (Wildman–Crippen LogP) is 2.81. The van der Waals surface area contributed by atoms with Crippen LogP contribution in [0.25, 0.3) is 0 Å². The lowest BCUT2D eigenvalue weighted by molar-refractivity contribution is -0.384. The minimum atomic E-state index is -0.518. The van der Waals surface area contributed by atoms with E-state index in [9.17, 15) is 14.9 Å². The van der Waals surface area contributed by atoms with E-state index in [0.29, 0.717) is 10.6 Å². The number of nitrogens with two attached hydrogens (primary N) is 1. The van der Waals surface area contributed by atoms with Crippen molar-refractivity contribution in [3.05, 3.63) is 43.9 Å². The standard InChI is InChI=1S/C13H14N4O3S/c1-6-4-9(10(17(19)20)5-7(6)2)16-12(18)11-8(3)15-13(14)21-11/h4-5H,1-3H3,(H2,14,15)(H,16,18). The van der Waals surface area contributed by atoms with Crippen molar-refractivity contribution in [2.45, 2.75) is 20.8 Å². The first kappa shape index (κ1) is 14.9. The van der Waals surface area contributed by atoms with E-state index >= 15 is 0 Å². The van der Waals surface area contributed by atoms with Crippen molar-refractivity contribution in [2.24, 2.45) is 0 Å². The molecule has 0 bridgehead atoms. The summed E-state index contributed by atoms with van der Waals surface area (Å²) in [4.78, 5) is 27.1. The monoisotopic (exact) mass is 306 g/mol. The number of carbonyl (C=O) groups is 1. The Morgan fingerprint density at radius 3 is 2.48 bits per heavy atom. The highest BCUT2D eigenvalue weighted by atomic mass is 32.1. The molecule has 0 aliphatic rings. The Labute approximate surface area is 125 Å². The summed E-state index contributed by atoms with van der Waals surface area (Å²) in [6.45, 7) is 5.27. The van der Waals surface area contributed by atoms with Crippen LogP contribution in [0.1, 0.15) is 26.5 Å². The molecule has 1 aromatic carbocycles. The van der Waals surface area contributed by atoms with Gasteiger partial charge in [0.15, 0.2) is 5.13 Å². The molecule has 0 unspecified atom stereocenters. The Hall–Kier alpha value is -2.48. The Kier molecular flexibility index (Phi) is 3.90. The molecule has 0 spiro atoms. The number of hydrogen-bond donors (Lipinski definition) is 2. The van der Waals surface area contributed by atoms with Crippen LogP contribution in [-0.2, 0) is 0 Å². The highest BCUT2D eigenvalue weighted by Crippen LogP contribution is 2.29. The number of nitro groups is 1. The van der Waals surface area contributed by atoms with Crippen molar-refractivity contribution in [3.63, 3.8) is 0 Å².